The van der Waals surface area contributed by atoms with E-state index in [2.05, 4.69) is 29.1 Å². The van der Waals surface area contributed by atoms with Crippen molar-refractivity contribution in [2.75, 3.05) is 18.1 Å². The molecule has 0 aliphatic heterocycles. The van der Waals surface area contributed by atoms with Crippen molar-refractivity contribution in [1.29, 1.82) is 0 Å². The molecule has 0 aliphatic rings. The molecule has 0 aliphatic carbocycles. The number of benzene rings is 1. The second-order valence-corrected chi connectivity index (χ2v) is 5.40. The standard InChI is InChI=1S/C17H24N4O2/c1-3-5-12-20(13-6-4-2)21-14-16(23-19-21)18-17(22)15-10-8-7-9-11-15/h7-11,14H,3-6,12-13H2,1-2H3. The van der Waals surface area contributed by atoms with Crippen molar-refractivity contribution in [2.24, 2.45) is 4.99 Å². The van der Waals surface area contributed by atoms with Crippen LogP contribution in [0, 0.1) is 0 Å². The summed E-state index contributed by atoms with van der Waals surface area (Å²) in [7, 11) is 0. The summed E-state index contributed by atoms with van der Waals surface area (Å²) in [4.78, 5) is 5.63. The van der Waals surface area contributed by atoms with E-state index in [1.807, 2.05) is 6.07 Å². The van der Waals surface area contributed by atoms with Gasteiger partial charge in [0.2, 0.25) is 5.27 Å². The third-order valence-electron chi connectivity index (χ3n) is 3.51. The van der Waals surface area contributed by atoms with Crippen LogP contribution in [0.2, 0.25) is 0 Å². The number of hydrogen-bond donors (Lipinski definition) is 0. The van der Waals surface area contributed by atoms with Crippen molar-refractivity contribution in [2.45, 2.75) is 39.5 Å². The van der Waals surface area contributed by atoms with E-state index < -0.39 is 0 Å². The Bertz CT molecular complexity index is 602. The molecule has 6 heteroatoms. The van der Waals surface area contributed by atoms with Crippen molar-refractivity contribution in [1.82, 2.24) is 5.27 Å². The van der Waals surface area contributed by atoms with Crippen LogP contribution in [0.25, 0.3) is 0 Å². The molecule has 0 fully saturated rings. The Kier molecular flexibility index (Phi) is 6.59. The van der Waals surface area contributed by atoms with Gasteiger partial charge in [0.15, 0.2) is 0 Å². The van der Waals surface area contributed by atoms with Gasteiger partial charge in [-0.2, -0.15) is 5.01 Å². The van der Waals surface area contributed by atoms with E-state index in [-0.39, 0.29) is 11.8 Å². The van der Waals surface area contributed by atoms with Crippen LogP contribution < -0.4 is 14.9 Å². The molecule has 1 aromatic heterocycles. The first-order chi connectivity index (χ1) is 11.2. The second-order valence-electron chi connectivity index (χ2n) is 5.40. The predicted molar refractivity (Wildman–Crippen MR) is 87.1 cm³/mol. The highest BCUT2D eigenvalue weighted by atomic mass is 16.5. The van der Waals surface area contributed by atoms with Crippen molar-refractivity contribution >= 4 is 11.8 Å². The van der Waals surface area contributed by atoms with E-state index >= 15 is 0 Å². The summed E-state index contributed by atoms with van der Waals surface area (Å²) in [5.41, 5.74) is 0.532. The average Bonchev–Trinajstić information content (AvgIpc) is 3.04. The lowest BCUT2D eigenvalue weighted by molar-refractivity contribution is -0.758. The average molecular weight is 316 g/mol. The Hall–Kier alpha value is -2.37. The Morgan fingerprint density at radius 2 is 1.83 bits per heavy atom. The maximum absolute atomic E-state index is 12.1. The number of aliphatic imine (C=N–C) groups is 1. The Balaban J connectivity index is 2.11. The van der Waals surface area contributed by atoms with Crippen molar-refractivity contribution in [3.8, 4) is 0 Å². The summed E-state index contributed by atoms with van der Waals surface area (Å²) in [5, 5.41) is 18.2. The number of unbranched alkanes of at least 4 members (excludes halogenated alkanes) is 2. The quantitative estimate of drug-likeness (QED) is 0.403. The lowest BCUT2D eigenvalue weighted by Crippen LogP contribution is -2.59. The highest BCUT2D eigenvalue weighted by Gasteiger charge is 2.19. The van der Waals surface area contributed by atoms with Gasteiger partial charge in [-0.1, -0.05) is 57.0 Å². The van der Waals surface area contributed by atoms with E-state index in [9.17, 15) is 5.11 Å². The molecule has 0 unspecified atom stereocenters. The second kappa shape index (κ2) is 8.92. The molecule has 0 radical (unpaired) electrons. The molecule has 0 saturated carbocycles. The zero-order valence-electron chi connectivity index (χ0n) is 13.8. The molecular formula is C17H24N4O2. The van der Waals surface area contributed by atoms with Gasteiger partial charge < -0.3 is 5.11 Å². The van der Waals surface area contributed by atoms with Gasteiger partial charge in [-0.15, -0.1) is 0 Å². The van der Waals surface area contributed by atoms with Gasteiger partial charge in [0.25, 0.3) is 6.20 Å². The largest absolute Gasteiger partial charge is 0.858 e. The van der Waals surface area contributed by atoms with Crippen LogP contribution in [-0.4, -0.2) is 24.3 Å². The number of rotatable bonds is 9. The molecule has 6 nitrogen and oxygen atoms in total. The molecule has 0 N–H and O–H groups in total. The molecule has 0 amide bonds. The summed E-state index contributed by atoms with van der Waals surface area (Å²) in [6, 6.07) is 8.93. The predicted octanol–water partition coefficient (Wildman–Crippen LogP) is 1.94. The maximum Gasteiger partial charge on any atom is 0.324 e. The summed E-state index contributed by atoms with van der Waals surface area (Å²) in [5.74, 6) is -0.112. The topological polar surface area (TPSA) is 68.6 Å². The van der Waals surface area contributed by atoms with Crippen LogP contribution in [0.1, 0.15) is 45.1 Å². The number of hydrogen-bond acceptors (Lipinski definition) is 5. The fourth-order valence-electron chi connectivity index (χ4n) is 2.16. The molecule has 0 saturated heterocycles. The zero-order chi connectivity index (χ0) is 16.5. The SMILES string of the molecule is CCCCN(CCCC)[n+]1cc(N=C([O-])c2ccccc2)on1. The first-order valence-electron chi connectivity index (χ1n) is 8.19. The van der Waals surface area contributed by atoms with Crippen LogP contribution in [-0.2, 0) is 0 Å². The van der Waals surface area contributed by atoms with Gasteiger partial charge in [-0.25, -0.2) is 4.99 Å². The van der Waals surface area contributed by atoms with Gasteiger partial charge >= 0.3 is 5.88 Å². The van der Waals surface area contributed by atoms with Gasteiger partial charge in [0.05, 0.1) is 17.9 Å². The van der Waals surface area contributed by atoms with Crippen LogP contribution in [0.15, 0.2) is 46.0 Å². The Morgan fingerprint density at radius 3 is 2.43 bits per heavy atom. The molecule has 2 aromatic rings. The molecule has 0 spiro atoms. The van der Waals surface area contributed by atoms with Crippen molar-refractivity contribution in [3.05, 3.63) is 42.1 Å². The summed E-state index contributed by atoms with van der Waals surface area (Å²) in [6.07, 6.45) is 6.06. The Morgan fingerprint density at radius 1 is 1.17 bits per heavy atom. The van der Waals surface area contributed by atoms with Crippen LogP contribution in [0.4, 0.5) is 5.88 Å². The molecule has 2 rings (SSSR count). The van der Waals surface area contributed by atoms with E-state index in [4.69, 9.17) is 4.52 Å². The minimum absolute atomic E-state index is 0.219. The van der Waals surface area contributed by atoms with Crippen LogP contribution in [0.5, 0.6) is 0 Å². The number of nitrogens with zero attached hydrogens (tertiary/aromatic N) is 4. The number of aromatic nitrogens is 2. The molecule has 1 aromatic carbocycles. The summed E-state index contributed by atoms with van der Waals surface area (Å²) < 4.78 is 5.18. The van der Waals surface area contributed by atoms with E-state index in [0.717, 1.165) is 38.8 Å². The van der Waals surface area contributed by atoms with Gasteiger partial charge in [0.1, 0.15) is 0 Å². The van der Waals surface area contributed by atoms with E-state index in [0.29, 0.717) is 5.56 Å². The highest BCUT2D eigenvalue weighted by molar-refractivity contribution is 5.91. The van der Waals surface area contributed by atoms with Gasteiger partial charge in [-0.05, 0) is 24.3 Å². The minimum Gasteiger partial charge on any atom is -0.858 e. The van der Waals surface area contributed by atoms with Gasteiger partial charge in [-0.3, -0.25) is 4.52 Å². The van der Waals surface area contributed by atoms with Crippen LogP contribution >= 0.6 is 0 Å². The third kappa shape index (κ3) is 5.09. The fourth-order valence-corrected chi connectivity index (χ4v) is 2.16. The molecule has 124 valence electrons. The first kappa shape index (κ1) is 17.0. The highest BCUT2D eigenvalue weighted by Crippen LogP contribution is 2.09. The molecule has 0 bridgehead atoms. The molecule has 0 atom stereocenters. The van der Waals surface area contributed by atoms with E-state index in [1.54, 1.807) is 35.3 Å². The van der Waals surface area contributed by atoms with Gasteiger partial charge in [0, 0.05) is 0 Å². The molecular weight excluding hydrogens is 292 g/mol. The summed E-state index contributed by atoms with van der Waals surface area (Å²) >= 11 is 0. The Labute approximate surface area is 137 Å². The summed E-state index contributed by atoms with van der Waals surface area (Å²) in [6.45, 7) is 6.12. The fraction of sp³-hybridized carbons (Fsp3) is 0.471. The molecule has 1 heterocycles. The lowest BCUT2D eigenvalue weighted by atomic mass is 10.2. The monoisotopic (exact) mass is 316 g/mol. The minimum atomic E-state index is -0.331. The maximum atomic E-state index is 12.1. The lowest BCUT2D eigenvalue weighted by Gasteiger charge is -2.12. The smallest absolute Gasteiger partial charge is 0.324 e. The normalized spacial score (nSPS) is 11.7. The van der Waals surface area contributed by atoms with Crippen molar-refractivity contribution < 1.29 is 14.4 Å². The van der Waals surface area contributed by atoms with Crippen molar-refractivity contribution in [3.63, 3.8) is 0 Å². The molecule has 23 heavy (non-hydrogen) atoms. The van der Waals surface area contributed by atoms with E-state index in [1.165, 1.54) is 0 Å². The van der Waals surface area contributed by atoms with Crippen LogP contribution in [0.3, 0.4) is 0 Å². The third-order valence-corrected chi connectivity index (χ3v) is 3.51. The first-order valence-corrected chi connectivity index (χ1v) is 8.19. The zero-order valence-corrected chi connectivity index (χ0v) is 13.8.